The number of aromatic nitrogens is 2. The summed E-state index contributed by atoms with van der Waals surface area (Å²) in [6.45, 7) is -0.940. The smallest absolute Gasteiger partial charge is 0.383 e. The average molecular weight is 361 g/mol. The molecule has 0 bridgehead atoms. The van der Waals surface area contributed by atoms with Crippen molar-refractivity contribution in [3.8, 4) is 0 Å². The molecule has 1 heterocycles. The molecule has 24 heavy (non-hydrogen) atoms. The monoisotopic (exact) mass is 360 g/mol. The molecule has 5 nitrogen and oxygen atoms in total. The molecule has 0 aliphatic rings. The van der Waals surface area contributed by atoms with Gasteiger partial charge in [-0.3, -0.25) is 0 Å². The van der Waals surface area contributed by atoms with E-state index in [-0.39, 0.29) is 6.61 Å². The van der Waals surface area contributed by atoms with Crippen LogP contribution in [0.5, 0.6) is 0 Å². The minimum Gasteiger partial charge on any atom is -0.383 e. The van der Waals surface area contributed by atoms with Crippen LogP contribution in [0.4, 0.5) is 24.7 Å². The van der Waals surface area contributed by atoms with Crippen LogP contribution in [-0.4, -0.2) is 29.8 Å². The van der Waals surface area contributed by atoms with Gasteiger partial charge in [0.25, 0.3) is 0 Å². The molecule has 0 radical (unpaired) electrons. The molecule has 0 fully saturated rings. The fourth-order valence-corrected chi connectivity index (χ4v) is 2.25. The highest BCUT2D eigenvalue weighted by Crippen LogP contribution is 2.25. The third-order valence-electron chi connectivity index (χ3n) is 3.04. The van der Waals surface area contributed by atoms with Crippen LogP contribution in [0.1, 0.15) is 11.1 Å². The van der Waals surface area contributed by atoms with Crippen molar-refractivity contribution in [1.82, 2.24) is 9.97 Å². The first-order chi connectivity index (χ1) is 11.4. The molecule has 2 aromatic rings. The molecule has 2 N–H and O–H groups in total. The molecule has 0 aliphatic carbocycles. The van der Waals surface area contributed by atoms with Gasteiger partial charge in [-0.2, -0.15) is 13.2 Å². The van der Waals surface area contributed by atoms with Gasteiger partial charge in [0, 0.05) is 13.6 Å². The molecule has 2 rings (SSSR count). The molecule has 1 aromatic heterocycles. The molecule has 0 aliphatic heterocycles. The number of hydrogen-bond acceptors (Lipinski definition) is 5. The average Bonchev–Trinajstić information content (AvgIpc) is 2.52. The summed E-state index contributed by atoms with van der Waals surface area (Å²) in [5.41, 5.74) is 2.11. The van der Waals surface area contributed by atoms with Crippen LogP contribution < -0.4 is 10.6 Å². The molecule has 9 heteroatoms. The Bertz CT molecular complexity index is 682. The predicted molar refractivity (Wildman–Crippen MR) is 86.1 cm³/mol. The van der Waals surface area contributed by atoms with E-state index in [1.54, 1.807) is 25.2 Å². The standard InChI is InChI=1S/C15H16ClF3N4O/c1-20-12-13(16)22-9-23-14(12)21-6-10-3-2-4-11(5-10)7-24-8-15(17,18)19/h2-5,9,20H,6-8H2,1H3,(H,21,22,23). The van der Waals surface area contributed by atoms with Gasteiger partial charge < -0.3 is 15.4 Å². The summed E-state index contributed by atoms with van der Waals surface area (Å²) in [7, 11) is 1.70. The van der Waals surface area contributed by atoms with E-state index in [0.29, 0.717) is 28.8 Å². The number of anilines is 2. The number of nitrogens with one attached hydrogen (secondary N) is 2. The quantitative estimate of drug-likeness (QED) is 0.734. The van der Waals surface area contributed by atoms with Gasteiger partial charge in [0.05, 0.1) is 6.61 Å². The van der Waals surface area contributed by atoms with Gasteiger partial charge in [0.1, 0.15) is 18.6 Å². The number of alkyl halides is 3. The number of ether oxygens (including phenoxy) is 1. The highest BCUT2D eigenvalue weighted by Gasteiger charge is 2.27. The van der Waals surface area contributed by atoms with E-state index in [1.165, 1.54) is 6.33 Å². The lowest BCUT2D eigenvalue weighted by Gasteiger charge is -2.12. The first kappa shape index (κ1) is 18.3. The van der Waals surface area contributed by atoms with Gasteiger partial charge in [-0.15, -0.1) is 0 Å². The summed E-state index contributed by atoms with van der Waals surface area (Å²) >= 11 is 5.97. The van der Waals surface area contributed by atoms with Crippen LogP contribution in [0.15, 0.2) is 30.6 Å². The summed E-state index contributed by atoms with van der Waals surface area (Å²) in [5, 5.41) is 6.31. The molecule has 0 amide bonds. The van der Waals surface area contributed by atoms with Gasteiger partial charge in [-0.25, -0.2) is 9.97 Å². The maximum Gasteiger partial charge on any atom is 0.411 e. The second-order valence-corrected chi connectivity index (χ2v) is 5.28. The Morgan fingerprint density at radius 1 is 1.21 bits per heavy atom. The van der Waals surface area contributed by atoms with E-state index < -0.39 is 12.8 Å². The predicted octanol–water partition coefficient (Wildman–Crippen LogP) is 3.86. The molecular weight excluding hydrogens is 345 g/mol. The van der Waals surface area contributed by atoms with E-state index in [0.717, 1.165) is 5.56 Å². The Hall–Kier alpha value is -2.06. The van der Waals surface area contributed by atoms with E-state index in [9.17, 15) is 13.2 Å². The van der Waals surface area contributed by atoms with Crippen LogP contribution in [0, 0.1) is 0 Å². The second-order valence-electron chi connectivity index (χ2n) is 4.92. The zero-order valence-corrected chi connectivity index (χ0v) is 13.6. The highest BCUT2D eigenvalue weighted by atomic mass is 35.5. The van der Waals surface area contributed by atoms with E-state index in [2.05, 4.69) is 25.3 Å². The lowest BCUT2D eigenvalue weighted by molar-refractivity contribution is -0.176. The SMILES string of the molecule is CNc1c(Cl)ncnc1NCc1cccc(COCC(F)(F)F)c1. The molecule has 0 atom stereocenters. The lowest BCUT2D eigenvalue weighted by atomic mass is 10.1. The van der Waals surface area contributed by atoms with Crippen molar-refractivity contribution in [3.63, 3.8) is 0 Å². The first-order valence-electron chi connectivity index (χ1n) is 7.03. The Balaban J connectivity index is 1.96. The minimum absolute atomic E-state index is 0.103. The summed E-state index contributed by atoms with van der Waals surface area (Å²) in [6.07, 6.45) is -2.98. The highest BCUT2D eigenvalue weighted by molar-refractivity contribution is 6.32. The van der Waals surface area contributed by atoms with E-state index >= 15 is 0 Å². The molecule has 0 unspecified atom stereocenters. The first-order valence-corrected chi connectivity index (χ1v) is 7.41. The fourth-order valence-electron chi connectivity index (χ4n) is 2.02. The Morgan fingerprint density at radius 2 is 1.96 bits per heavy atom. The molecule has 0 saturated heterocycles. The molecule has 1 aromatic carbocycles. The minimum atomic E-state index is -4.32. The van der Waals surface area contributed by atoms with Gasteiger partial charge in [0.2, 0.25) is 0 Å². The number of hydrogen-bond donors (Lipinski definition) is 2. The van der Waals surface area contributed by atoms with Crippen LogP contribution in [0.3, 0.4) is 0 Å². The summed E-state index contributed by atoms with van der Waals surface area (Å²) in [4.78, 5) is 7.98. The number of halogens is 4. The normalized spacial score (nSPS) is 11.4. The van der Waals surface area contributed by atoms with Crippen LogP contribution >= 0.6 is 11.6 Å². The summed E-state index contributed by atoms with van der Waals surface area (Å²) < 4.78 is 40.9. The van der Waals surface area contributed by atoms with Crippen molar-refractivity contribution in [2.24, 2.45) is 0 Å². The zero-order valence-electron chi connectivity index (χ0n) is 12.8. The second kappa shape index (κ2) is 8.16. The summed E-state index contributed by atoms with van der Waals surface area (Å²) in [6, 6.07) is 7.09. The number of nitrogens with zero attached hydrogens (tertiary/aromatic N) is 2. The maximum atomic E-state index is 12.1. The Labute approximate surface area is 142 Å². The lowest BCUT2D eigenvalue weighted by Crippen LogP contribution is -2.16. The van der Waals surface area contributed by atoms with Gasteiger partial charge in [-0.05, 0) is 11.1 Å². The Morgan fingerprint density at radius 3 is 2.67 bits per heavy atom. The van der Waals surface area contributed by atoms with Crippen molar-refractivity contribution in [3.05, 3.63) is 46.9 Å². The van der Waals surface area contributed by atoms with Crippen molar-refractivity contribution in [1.29, 1.82) is 0 Å². The van der Waals surface area contributed by atoms with E-state index in [1.807, 2.05) is 6.07 Å². The van der Waals surface area contributed by atoms with Gasteiger partial charge in [-0.1, -0.05) is 35.9 Å². The Kier molecular flexibility index (Phi) is 6.22. The molecule has 130 valence electrons. The molecule has 0 saturated carbocycles. The largest absolute Gasteiger partial charge is 0.411 e. The molecular formula is C15H16ClF3N4O. The van der Waals surface area contributed by atoms with Crippen LogP contribution in [-0.2, 0) is 17.9 Å². The number of benzene rings is 1. The van der Waals surface area contributed by atoms with Gasteiger partial charge >= 0.3 is 6.18 Å². The number of rotatable bonds is 7. The van der Waals surface area contributed by atoms with Crippen molar-refractivity contribution in [2.75, 3.05) is 24.3 Å². The third-order valence-corrected chi connectivity index (χ3v) is 3.32. The van der Waals surface area contributed by atoms with Crippen LogP contribution in [0.25, 0.3) is 0 Å². The summed E-state index contributed by atoms with van der Waals surface area (Å²) in [5.74, 6) is 0.538. The topological polar surface area (TPSA) is 59.1 Å². The van der Waals surface area contributed by atoms with E-state index in [4.69, 9.17) is 11.6 Å². The van der Waals surface area contributed by atoms with Crippen molar-refractivity contribution >= 4 is 23.1 Å². The van der Waals surface area contributed by atoms with Crippen molar-refractivity contribution in [2.45, 2.75) is 19.3 Å². The maximum absolute atomic E-state index is 12.1. The zero-order chi connectivity index (χ0) is 17.6. The molecule has 0 spiro atoms. The van der Waals surface area contributed by atoms with Crippen LogP contribution in [0.2, 0.25) is 5.15 Å². The third kappa shape index (κ3) is 5.54. The van der Waals surface area contributed by atoms with Gasteiger partial charge in [0.15, 0.2) is 11.0 Å². The van der Waals surface area contributed by atoms with Crippen molar-refractivity contribution < 1.29 is 17.9 Å². The fraction of sp³-hybridized carbons (Fsp3) is 0.333.